The quantitative estimate of drug-likeness (QED) is 0.642. The van der Waals surface area contributed by atoms with Gasteiger partial charge in [0.2, 0.25) is 0 Å². The zero-order valence-corrected chi connectivity index (χ0v) is 17.5. The number of benzene rings is 1. The summed E-state index contributed by atoms with van der Waals surface area (Å²) >= 11 is 3.14. The number of aromatic nitrogens is 2. The zero-order valence-electron chi connectivity index (χ0n) is 15.1. The fraction of sp³-hybridized carbons (Fsp3) is 0.316. The van der Waals surface area contributed by atoms with Crippen molar-refractivity contribution in [2.45, 2.75) is 29.4 Å². The summed E-state index contributed by atoms with van der Waals surface area (Å²) < 4.78 is 12.3. The van der Waals surface area contributed by atoms with Crippen LogP contribution in [0, 0.1) is 0 Å². The Morgan fingerprint density at radius 1 is 1.07 bits per heavy atom. The van der Waals surface area contributed by atoms with Crippen LogP contribution in [0.2, 0.25) is 0 Å². The predicted octanol–water partition coefficient (Wildman–Crippen LogP) is 3.96. The van der Waals surface area contributed by atoms with E-state index in [4.69, 9.17) is 4.98 Å². The van der Waals surface area contributed by atoms with Crippen molar-refractivity contribution in [3.8, 4) is 22.0 Å². The lowest BCUT2D eigenvalue weighted by molar-refractivity contribution is 0.682. The number of nitrogens with one attached hydrogen (secondary N) is 2. The van der Waals surface area contributed by atoms with Gasteiger partial charge in [-0.2, -0.15) is 0 Å². The molecule has 0 radical (unpaired) electrons. The van der Waals surface area contributed by atoms with Crippen LogP contribution < -0.4 is 10.6 Å². The summed E-state index contributed by atoms with van der Waals surface area (Å²) in [6.45, 7) is 1.78. The summed E-state index contributed by atoms with van der Waals surface area (Å²) in [5.41, 5.74) is 2.77. The van der Waals surface area contributed by atoms with Gasteiger partial charge < -0.3 is 10.6 Å². The van der Waals surface area contributed by atoms with Gasteiger partial charge in [0, 0.05) is 39.6 Å². The number of hydrogen-bond donors (Lipinski definition) is 2. The maximum Gasteiger partial charge on any atom is 0.197 e. The van der Waals surface area contributed by atoms with E-state index in [1.807, 2.05) is 35.0 Å². The molecule has 0 spiro atoms. The standard InChI is InChI=1S/C19H19N5OS3/c25-28(14-6-7-14)13-4-2-12(3-5-13)17-22-15(10-26-17)16-11-27-19(23-16)24-18-20-8-1-9-21-18/h2-5,10-11,14H,1,6-9H2,(H2,20,21,23,24). The minimum Gasteiger partial charge on any atom is -0.356 e. The fourth-order valence-corrected chi connectivity index (χ4v) is 5.77. The summed E-state index contributed by atoms with van der Waals surface area (Å²) in [5, 5.41) is 12.6. The Balaban J connectivity index is 1.30. The van der Waals surface area contributed by atoms with Gasteiger partial charge in [0.25, 0.3) is 0 Å². The lowest BCUT2D eigenvalue weighted by Crippen LogP contribution is -2.35. The van der Waals surface area contributed by atoms with Crippen LogP contribution in [0.15, 0.2) is 44.9 Å². The summed E-state index contributed by atoms with van der Waals surface area (Å²) in [4.78, 5) is 14.7. The highest BCUT2D eigenvalue weighted by Gasteiger charge is 2.29. The van der Waals surface area contributed by atoms with Crippen LogP contribution in [0.4, 0.5) is 5.13 Å². The Morgan fingerprint density at radius 3 is 2.61 bits per heavy atom. The van der Waals surface area contributed by atoms with Gasteiger partial charge in [-0.15, -0.1) is 22.7 Å². The summed E-state index contributed by atoms with van der Waals surface area (Å²) in [7, 11) is -0.861. The molecule has 1 atom stereocenters. The van der Waals surface area contributed by atoms with Gasteiger partial charge in [0.1, 0.15) is 16.4 Å². The van der Waals surface area contributed by atoms with Crippen LogP contribution >= 0.6 is 22.7 Å². The maximum atomic E-state index is 12.3. The highest BCUT2D eigenvalue weighted by molar-refractivity contribution is 7.86. The van der Waals surface area contributed by atoms with E-state index in [-0.39, 0.29) is 0 Å². The lowest BCUT2D eigenvalue weighted by atomic mass is 10.2. The molecule has 3 heterocycles. The summed E-state index contributed by atoms with van der Waals surface area (Å²) in [5.74, 6) is 0.787. The number of rotatable bonds is 5. The predicted molar refractivity (Wildman–Crippen MR) is 117 cm³/mol. The number of aliphatic imine (C=N–C) groups is 1. The molecule has 1 aliphatic carbocycles. The third-order valence-electron chi connectivity index (χ3n) is 4.55. The van der Waals surface area contributed by atoms with Crippen molar-refractivity contribution in [3.05, 3.63) is 35.0 Å². The van der Waals surface area contributed by atoms with Gasteiger partial charge >= 0.3 is 0 Å². The molecule has 2 aliphatic rings. The molecule has 144 valence electrons. The van der Waals surface area contributed by atoms with Crippen molar-refractivity contribution < 1.29 is 4.21 Å². The van der Waals surface area contributed by atoms with Gasteiger partial charge in [-0.05, 0) is 31.4 Å². The molecule has 3 aromatic rings. The molecule has 0 saturated heterocycles. The number of nitrogens with zero attached hydrogens (tertiary/aromatic N) is 3. The van der Waals surface area contributed by atoms with Gasteiger partial charge in [-0.3, -0.25) is 9.20 Å². The second kappa shape index (κ2) is 7.73. The normalized spacial score (nSPS) is 17.6. The Labute approximate surface area is 173 Å². The molecule has 1 fully saturated rings. The molecule has 1 saturated carbocycles. The first-order valence-electron chi connectivity index (χ1n) is 9.24. The van der Waals surface area contributed by atoms with E-state index >= 15 is 0 Å². The van der Waals surface area contributed by atoms with E-state index in [9.17, 15) is 4.21 Å². The van der Waals surface area contributed by atoms with Crippen molar-refractivity contribution in [2.24, 2.45) is 4.99 Å². The first kappa shape index (κ1) is 18.0. The van der Waals surface area contributed by atoms with Gasteiger partial charge in [-0.25, -0.2) is 9.97 Å². The molecule has 28 heavy (non-hydrogen) atoms. The molecular weight excluding hydrogens is 410 g/mol. The average Bonchev–Trinajstić information content (AvgIpc) is 3.28. The Hall–Kier alpha value is -2.10. The van der Waals surface area contributed by atoms with Crippen LogP contribution in [-0.4, -0.2) is 38.5 Å². The molecule has 2 aromatic heterocycles. The SMILES string of the molecule is O=S(c1ccc(-c2nc(-c3csc(NC4=NCCCN4)n3)cs2)cc1)C1CC1. The van der Waals surface area contributed by atoms with Crippen LogP contribution in [0.1, 0.15) is 19.3 Å². The average molecular weight is 430 g/mol. The number of hydrogen-bond acceptors (Lipinski definition) is 8. The highest BCUT2D eigenvalue weighted by atomic mass is 32.2. The number of anilines is 1. The summed E-state index contributed by atoms with van der Waals surface area (Å²) in [6, 6.07) is 7.96. The van der Waals surface area contributed by atoms with Crippen LogP contribution in [0.3, 0.4) is 0 Å². The Bertz CT molecular complexity index is 1040. The van der Waals surface area contributed by atoms with E-state index in [0.717, 1.165) is 70.3 Å². The van der Waals surface area contributed by atoms with Crippen molar-refractivity contribution in [1.82, 2.24) is 15.3 Å². The summed E-state index contributed by atoms with van der Waals surface area (Å²) in [6.07, 6.45) is 3.23. The molecule has 6 nitrogen and oxygen atoms in total. The van der Waals surface area contributed by atoms with Crippen molar-refractivity contribution in [3.63, 3.8) is 0 Å². The second-order valence-electron chi connectivity index (χ2n) is 6.73. The molecule has 0 bridgehead atoms. The minimum atomic E-state index is -0.861. The third-order valence-corrected chi connectivity index (χ3v) is 8.02. The van der Waals surface area contributed by atoms with Crippen molar-refractivity contribution in [2.75, 3.05) is 18.4 Å². The van der Waals surface area contributed by atoms with Crippen LogP contribution in [0.5, 0.6) is 0 Å². The lowest BCUT2D eigenvalue weighted by Gasteiger charge is -2.13. The highest BCUT2D eigenvalue weighted by Crippen LogP contribution is 2.33. The minimum absolute atomic E-state index is 0.361. The molecule has 1 unspecified atom stereocenters. The molecule has 1 aromatic carbocycles. The first-order valence-corrected chi connectivity index (χ1v) is 12.2. The molecule has 5 rings (SSSR count). The second-order valence-corrected chi connectivity index (χ2v) is 10.2. The maximum absolute atomic E-state index is 12.3. The number of guanidine groups is 1. The van der Waals surface area contributed by atoms with E-state index < -0.39 is 10.8 Å². The molecule has 1 aliphatic heterocycles. The molecule has 9 heteroatoms. The molecule has 0 amide bonds. The number of thiazole rings is 2. The fourth-order valence-electron chi connectivity index (χ4n) is 2.90. The first-order chi connectivity index (χ1) is 13.8. The monoisotopic (exact) mass is 429 g/mol. The smallest absolute Gasteiger partial charge is 0.197 e. The van der Waals surface area contributed by atoms with E-state index in [1.54, 1.807) is 22.7 Å². The molecule has 2 N–H and O–H groups in total. The van der Waals surface area contributed by atoms with Crippen molar-refractivity contribution >= 4 is 44.6 Å². The van der Waals surface area contributed by atoms with Gasteiger partial charge in [-0.1, -0.05) is 12.1 Å². The van der Waals surface area contributed by atoms with Crippen LogP contribution in [0.25, 0.3) is 22.0 Å². The molecular formula is C19H19N5OS3. The Kier molecular flexibility index (Phi) is 4.96. The van der Waals surface area contributed by atoms with Crippen LogP contribution in [-0.2, 0) is 10.8 Å². The van der Waals surface area contributed by atoms with E-state index in [2.05, 4.69) is 20.6 Å². The third kappa shape index (κ3) is 3.87. The van der Waals surface area contributed by atoms with Crippen molar-refractivity contribution in [1.29, 1.82) is 0 Å². The largest absolute Gasteiger partial charge is 0.356 e. The van der Waals surface area contributed by atoms with E-state index in [0.29, 0.717) is 5.25 Å². The van der Waals surface area contributed by atoms with Gasteiger partial charge in [0.15, 0.2) is 11.1 Å². The zero-order chi connectivity index (χ0) is 18.9. The topological polar surface area (TPSA) is 79.3 Å². The Morgan fingerprint density at radius 2 is 1.86 bits per heavy atom. The van der Waals surface area contributed by atoms with Gasteiger partial charge in [0.05, 0.1) is 10.8 Å². The van der Waals surface area contributed by atoms with E-state index in [1.165, 1.54) is 0 Å².